The Morgan fingerprint density at radius 3 is 2.22 bits per heavy atom. The van der Waals surface area contributed by atoms with Gasteiger partial charge in [0, 0.05) is 6.54 Å². The number of carboxylic acids is 1. The largest absolute Gasteiger partial charge is 0.480 e. The van der Waals surface area contributed by atoms with Crippen molar-refractivity contribution >= 4 is 25.2 Å². The molecule has 8 nitrogen and oxygen atoms in total. The molecule has 0 spiro atoms. The van der Waals surface area contributed by atoms with E-state index < -0.39 is 49.3 Å². The van der Waals surface area contributed by atoms with Gasteiger partial charge in [-0.2, -0.15) is 13.2 Å². The Morgan fingerprint density at radius 2 is 1.65 bits per heavy atom. The number of likely N-dealkylation sites (tertiary alicyclic amines) is 1. The van der Waals surface area contributed by atoms with Crippen molar-refractivity contribution in [3.63, 3.8) is 0 Å². The van der Waals surface area contributed by atoms with E-state index in [0.717, 1.165) is 10.5 Å². The molecule has 1 aliphatic rings. The number of nitrogens with one attached hydrogen (secondary N) is 1. The molecule has 3 atom stereocenters. The summed E-state index contributed by atoms with van der Waals surface area (Å²) in [4.78, 5) is 37.7. The smallest absolute Gasteiger partial charge is 0.471 e. The van der Waals surface area contributed by atoms with Crippen molar-refractivity contribution in [2.24, 2.45) is 0 Å². The lowest BCUT2D eigenvalue weighted by Gasteiger charge is -2.30. The van der Waals surface area contributed by atoms with Gasteiger partial charge in [-0.1, -0.05) is 60.7 Å². The molecule has 37 heavy (non-hydrogen) atoms. The molecule has 1 heterocycles. The predicted octanol–water partition coefficient (Wildman–Crippen LogP) is 4.19. The van der Waals surface area contributed by atoms with Crippen LogP contribution in [0.4, 0.5) is 13.2 Å². The third-order valence-electron chi connectivity index (χ3n) is 6.09. The number of alkyl halides is 3. The van der Waals surface area contributed by atoms with Gasteiger partial charge in [0.15, 0.2) is 0 Å². The van der Waals surface area contributed by atoms with Gasteiger partial charge in [0.2, 0.25) is 13.3 Å². The number of nitrogens with zero attached hydrogens (tertiary/aromatic N) is 1. The van der Waals surface area contributed by atoms with E-state index in [1.165, 1.54) is 0 Å². The molecule has 0 radical (unpaired) electrons. The second-order valence-corrected chi connectivity index (χ2v) is 11.4. The van der Waals surface area contributed by atoms with Gasteiger partial charge in [0.1, 0.15) is 18.0 Å². The molecule has 0 aromatic heterocycles. The van der Waals surface area contributed by atoms with Crippen molar-refractivity contribution in [3.8, 4) is 0 Å². The quantitative estimate of drug-likeness (QED) is 0.414. The van der Waals surface area contributed by atoms with Crippen molar-refractivity contribution in [3.05, 3.63) is 71.8 Å². The van der Waals surface area contributed by atoms with Crippen LogP contribution in [-0.4, -0.2) is 58.5 Å². The molecular formula is C25H28F3N2O6P. The molecule has 0 bridgehead atoms. The lowest BCUT2D eigenvalue weighted by atomic mass is 10.1. The van der Waals surface area contributed by atoms with Gasteiger partial charge in [-0.05, 0) is 36.8 Å². The van der Waals surface area contributed by atoms with Gasteiger partial charge < -0.3 is 19.8 Å². The van der Waals surface area contributed by atoms with Crippen LogP contribution >= 0.6 is 7.37 Å². The van der Waals surface area contributed by atoms with Gasteiger partial charge in [-0.15, -0.1) is 0 Å². The molecule has 0 aliphatic carbocycles. The Bertz CT molecular complexity index is 1130. The molecule has 0 saturated carbocycles. The van der Waals surface area contributed by atoms with Crippen LogP contribution in [0.15, 0.2) is 60.7 Å². The first kappa shape index (κ1) is 28.4. The summed E-state index contributed by atoms with van der Waals surface area (Å²) in [6.07, 6.45) is -5.52. The maximum absolute atomic E-state index is 14.2. The maximum Gasteiger partial charge on any atom is 0.471 e. The molecule has 3 rings (SSSR count). The van der Waals surface area contributed by atoms with Crippen molar-refractivity contribution in [1.29, 1.82) is 0 Å². The average molecular weight is 540 g/mol. The first-order valence-electron chi connectivity index (χ1n) is 11.7. The van der Waals surface area contributed by atoms with Crippen molar-refractivity contribution < 1.29 is 41.8 Å². The number of aryl methyl sites for hydroxylation is 1. The normalized spacial score (nSPS) is 18.1. The number of carbonyl (C=O) groups is 3. The van der Waals surface area contributed by atoms with E-state index >= 15 is 0 Å². The molecule has 1 fully saturated rings. The highest BCUT2D eigenvalue weighted by Gasteiger charge is 2.46. The number of halogens is 3. The minimum atomic E-state index is -5.25. The van der Waals surface area contributed by atoms with Crippen molar-refractivity contribution in [1.82, 2.24) is 10.2 Å². The molecule has 2 aromatic carbocycles. The minimum absolute atomic E-state index is 0.109. The summed E-state index contributed by atoms with van der Waals surface area (Å²) in [5.41, 5.74) is 1.28. The topological polar surface area (TPSA) is 113 Å². The van der Waals surface area contributed by atoms with E-state index in [9.17, 15) is 37.2 Å². The lowest BCUT2D eigenvalue weighted by Crippen LogP contribution is -2.46. The molecule has 200 valence electrons. The zero-order valence-corrected chi connectivity index (χ0v) is 20.8. The number of carboxylic acid groups (broad SMARTS) is 1. The van der Waals surface area contributed by atoms with Crippen molar-refractivity contribution in [2.45, 2.75) is 50.3 Å². The summed E-state index contributed by atoms with van der Waals surface area (Å²) in [6.45, 7) is -0.171. The number of carbonyl (C=O) groups excluding carboxylic acids is 2. The van der Waals surface area contributed by atoms with Crippen LogP contribution in [0.5, 0.6) is 0 Å². The van der Waals surface area contributed by atoms with E-state index in [4.69, 9.17) is 4.52 Å². The third-order valence-corrected chi connectivity index (χ3v) is 8.70. The number of aliphatic carboxylic acids is 1. The molecule has 2 aromatic rings. The number of hydrogen-bond acceptors (Lipinski definition) is 5. The fourth-order valence-corrected chi connectivity index (χ4v) is 6.41. The first-order chi connectivity index (χ1) is 17.5. The van der Waals surface area contributed by atoms with Crippen LogP contribution in [0.2, 0.25) is 0 Å². The zero-order chi connectivity index (χ0) is 27.1. The van der Waals surface area contributed by atoms with Crippen LogP contribution in [0.25, 0.3) is 0 Å². The fraction of sp³-hybridized carbons (Fsp3) is 0.400. The van der Waals surface area contributed by atoms with Gasteiger partial charge >= 0.3 is 18.1 Å². The first-order valence-corrected chi connectivity index (χ1v) is 13.6. The van der Waals surface area contributed by atoms with Gasteiger partial charge in [0.05, 0.1) is 6.61 Å². The van der Waals surface area contributed by atoms with E-state index in [-0.39, 0.29) is 32.4 Å². The van der Waals surface area contributed by atoms with Crippen LogP contribution in [0, 0.1) is 0 Å². The monoisotopic (exact) mass is 540 g/mol. The zero-order valence-electron chi connectivity index (χ0n) is 19.9. The number of rotatable bonds is 11. The summed E-state index contributed by atoms with van der Waals surface area (Å²) in [5.74, 6) is -5.98. The number of hydrogen-bond donors (Lipinski definition) is 2. The molecule has 12 heteroatoms. The SMILES string of the molecule is O=C(O)[C@@H]1CCCN1C(=O)CP(=O)(OCc1ccccc1)C(CCc1ccccc1)NC(=O)C(F)(F)F. The summed E-state index contributed by atoms with van der Waals surface area (Å²) in [6, 6.07) is 16.0. The highest BCUT2D eigenvalue weighted by Crippen LogP contribution is 2.53. The standard InChI is InChI=1S/C25H28F3N2O6P/c26-25(27,28)24(34)29-21(14-13-18-8-3-1-4-9-18)37(35,36-16-19-10-5-2-6-11-19)17-22(31)30-15-7-12-20(30)23(32)33/h1-6,8-11,20-21H,7,12-17H2,(H,29,34)(H,32,33)/t20-,21?,37?/m0/s1. The molecule has 1 saturated heterocycles. The summed E-state index contributed by atoms with van der Waals surface area (Å²) in [5, 5.41) is 11.2. The lowest BCUT2D eigenvalue weighted by molar-refractivity contribution is -0.173. The summed E-state index contributed by atoms with van der Waals surface area (Å²) < 4.78 is 59.4. The minimum Gasteiger partial charge on any atom is -0.480 e. The molecule has 2 unspecified atom stereocenters. The van der Waals surface area contributed by atoms with Crippen LogP contribution in [0.3, 0.4) is 0 Å². The van der Waals surface area contributed by atoms with Gasteiger partial charge in [0.25, 0.3) is 0 Å². The van der Waals surface area contributed by atoms with E-state index in [1.807, 2.05) is 0 Å². The van der Waals surface area contributed by atoms with Crippen LogP contribution in [-0.2, 0) is 36.5 Å². The summed E-state index contributed by atoms with van der Waals surface area (Å²) in [7, 11) is -4.34. The number of benzene rings is 2. The van der Waals surface area contributed by atoms with Crippen LogP contribution < -0.4 is 5.32 Å². The van der Waals surface area contributed by atoms with E-state index in [2.05, 4.69) is 0 Å². The predicted molar refractivity (Wildman–Crippen MR) is 129 cm³/mol. The maximum atomic E-state index is 14.2. The van der Waals surface area contributed by atoms with Crippen molar-refractivity contribution in [2.75, 3.05) is 12.7 Å². The second kappa shape index (κ2) is 12.4. The Balaban J connectivity index is 1.91. The fourth-order valence-electron chi connectivity index (χ4n) is 4.15. The third kappa shape index (κ3) is 7.90. The van der Waals surface area contributed by atoms with E-state index in [1.54, 1.807) is 66.0 Å². The highest BCUT2D eigenvalue weighted by atomic mass is 31.2. The van der Waals surface area contributed by atoms with E-state index in [0.29, 0.717) is 12.0 Å². The highest BCUT2D eigenvalue weighted by molar-refractivity contribution is 7.60. The van der Waals surface area contributed by atoms with Gasteiger partial charge in [-0.3, -0.25) is 14.2 Å². The molecule has 2 N–H and O–H groups in total. The van der Waals surface area contributed by atoms with Gasteiger partial charge in [-0.25, -0.2) is 4.79 Å². The Labute approximate surface area is 212 Å². The summed E-state index contributed by atoms with van der Waals surface area (Å²) >= 11 is 0. The second-order valence-electron chi connectivity index (χ2n) is 8.74. The Hall–Kier alpha value is -3.17. The molecule has 2 amide bonds. The molecule has 1 aliphatic heterocycles. The molecular weight excluding hydrogens is 512 g/mol. The average Bonchev–Trinajstić information content (AvgIpc) is 3.37. The Morgan fingerprint density at radius 1 is 1.05 bits per heavy atom. The number of amides is 2. The Kier molecular flexibility index (Phi) is 9.50. The van der Waals surface area contributed by atoms with Crippen LogP contribution in [0.1, 0.15) is 30.4 Å².